The van der Waals surface area contributed by atoms with Crippen LogP contribution in [0.5, 0.6) is 0 Å². The summed E-state index contributed by atoms with van der Waals surface area (Å²) in [5, 5.41) is 0. The summed E-state index contributed by atoms with van der Waals surface area (Å²) in [5.41, 5.74) is 6.80. The van der Waals surface area contributed by atoms with E-state index in [1.165, 1.54) is 5.56 Å². The Morgan fingerprint density at radius 1 is 1.50 bits per heavy atom. The Labute approximate surface area is 73.8 Å². The maximum absolute atomic E-state index is 5.49. The molecule has 1 rings (SSSR count). The molecule has 0 amide bonds. The van der Waals surface area contributed by atoms with E-state index in [-0.39, 0.29) is 0 Å². The molecule has 0 saturated heterocycles. The van der Waals surface area contributed by atoms with E-state index in [0.717, 1.165) is 24.5 Å². The summed E-state index contributed by atoms with van der Waals surface area (Å²) in [4.78, 5) is 0. The Kier molecular flexibility index (Phi) is 2.93. The normalized spacial score (nSPS) is 13.3. The molecule has 0 bridgehead atoms. The van der Waals surface area contributed by atoms with Crippen LogP contribution >= 0.6 is 0 Å². The van der Waals surface area contributed by atoms with E-state index in [0.29, 0.717) is 5.92 Å². The molecule has 0 aromatic carbocycles. The fourth-order valence-corrected chi connectivity index (χ4v) is 1.55. The molecule has 0 spiro atoms. The molecule has 1 aromatic rings. The van der Waals surface area contributed by atoms with Gasteiger partial charge in [-0.15, -0.1) is 0 Å². The van der Waals surface area contributed by atoms with Gasteiger partial charge in [-0.05, 0) is 44.4 Å². The van der Waals surface area contributed by atoms with Crippen LogP contribution in [0.3, 0.4) is 0 Å². The van der Waals surface area contributed by atoms with Crippen LogP contribution < -0.4 is 5.73 Å². The van der Waals surface area contributed by atoms with Crippen LogP contribution in [0.2, 0.25) is 0 Å². The van der Waals surface area contributed by atoms with Gasteiger partial charge in [0.2, 0.25) is 0 Å². The molecule has 0 aliphatic carbocycles. The standard InChI is InChI=1S/C10H17NO/c1-7(4-5-11)10-6-8(2)12-9(10)3/h6-7H,4-5,11H2,1-3H3. The number of nitrogens with two attached hydrogens (primary N) is 1. The van der Waals surface area contributed by atoms with Crippen molar-refractivity contribution in [3.63, 3.8) is 0 Å². The predicted molar refractivity (Wildman–Crippen MR) is 50.3 cm³/mol. The summed E-state index contributed by atoms with van der Waals surface area (Å²) in [7, 11) is 0. The summed E-state index contributed by atoms with van der Waals surface area (Å²) < 4.78 is 5.44. The van der Waals surface area contributed by atoms with Crippen LogP contribution in [0, 0.1) is 13.8 Å². The van der Waals surface area contributed by atoms with E-state index in [4.69, 9.17) is 10.2 Å². The van der Waals surface area contributed by atoms with E-state index in [1.54, 1.807) is 0 Å². The Balaban J connectivity index is 2.79. The maximum Gasteiger partial charge on any atom is 0.104 e. The lowest BCUT2D eigenvalue weighted by atomic mass is 9.98. The molecule has 0 aliphatic rings. The number of hydrogen-bond acceptors (Lipinski definition) is 2. The van der Waals surface area contributed by atoms with Gasteiger partial charge >= 0.3 is 0 Å². The highest BCUT2D eigenvalue weighted by Crippen LogP contribution is 2.24. The van der Waals surface area contributed by atoms with E-state index in [1.807, 2.05) is 13.8 Å². The molecule has 1 atom stereocenters. The van der Waals surface area contributed by atoms with Crippen molar-refractivity contribution in [2.45, 2.75) is 33.1 Å². The molecule has 0 fully saturated rings. The van der Waals surface area contributed by atoms with Crippen LogP contribution in [-0.2, 0) is 0 Å². The van der Waals surface area contributed by atoms with Crippen LogP contribution in [-0.4, -0.2) is 6.54 Å². The van der Waals surface area contributed by atoms with E-state index in [2.05, 4.69) is 13.0 Å². The summed E-state index contributed by atoms with van der Waals surface area (Å²) in [6, 6.07) is 2.11. The van der Waals surface area contributed by atoms with Crippen LogP contribution in [0.4, 0.5) is 0 Å². The van der Waals surface area contributed by atoms with Crippen molar-refractivity contribution in [3.05, 3.63) is 23.2 Å². The van der Waals surface area contributed by atoms with Gasteiger partial charge in [-0.3, -0.25) is 0 Å². The summed E-state index contributed by atoms with van der Waals surface area (Å²) in [6.07, 6.45) is 1.03. The molecular weight excluding hydrogens is 150 g/mol. The fraction of sp³-hybridized carbons (Fsp3) is 0.600. The minimum absolute atomic E-state index is 0.521. The SMILES string of the molecule is Cc1cc(C(C)CCN)c(C)o1. The molecule has 12 heavy (non-hydrogen) atoms. The molecular formula is C10H17NO. The van der Waals surface area contributed by atoms with Crippen molar-refractivity contribution in [3.8, 4) is 0 Å². The molecule has 0 radical (unpaired) electrons. The number of aryl methyl sites for hydroxylation is 2. The van der Waals surface area contributed by atoms with Gasteiger partial charge in [-0.2, -0.15) is 0 Å². The van der Waals surface area contributed by atoms with Gasteiger partial charge in [-0.1, -0.05) is 6.92 Å². The Hall–Kier alpha value is -0.760. The maximum atomic E-state index is 5.49. The van der Waals surface area contributed by atoms with E-state index >= 15 is 0 Å². The minimum atomic E-state index is 0.521. The summed E-state index contributed by atoms with van der Waals surface area (Å²) in [6.45, 7) is 6.91. The fourth-order valence-electron chi connectivity index (χ4n) is 1.55. The first-order valence-electron chi connectivity index (χ1n) is 4.42. The van der Waals surface area contributed by atoms with Crippen LogP contribution in [0.15, 0.2) is 10.5 Å². The second-order valence-corrected chi connectivity index (χ2v) is 3.35. The van der Waals surface area contributed by atoms with Gasteiger partial charge in [0, 0.05) is 0 Å². The molecule has 2 heteroatoms. The first kappa shape index (κ1) is 9.33. The minimum Gasteiger partial charge on any atom is -0.466 e. The van der Waals surface area contributed by atoms with Gasteiger partial charge in [0.15, 0.2) is 0 Å². The van der Waals surface area contributed by atoms with Gasteiger partial charge < -0.3 is 10.2 Å². The predicted octanol–water partition coefficient (Wildman–Crippen LogP) is 2.35. The lowest BCUT2D eigenvalue weighted by molar-refractivity contribution is 0.497. The van der Waals surface area contributed by atoms with Gasteiger partial charge in [-0.25, -0.2) is 0 Å². The van der Waals surface area contributed by atoms with Crippen molar-refractivity contribution in [2.75, 3.05) is 6.54 Å². The van der Waals surface area contributed by atoms with Crippen molar-refractivity contribution >= 4 is 0 Å². The van der Waals surface area contributed by atoms with Crippen LogP contribution in [0.25, 0.3) is 0 Å². The van der Waals surface area contributed by atoms with Crippen molar-refractivity contribution in [1.82, 2.24) is 0 Å². The highest BCUT2D eigenvalue weighted by Gasteiger charge is 2.11. The van der Waals surface area contributed by atoms with Crippen molar-refractivity contribution < 1.29 is 4.42 Å². The van der Waals surface area contributed by atoms with Crippen molar-refractivity contribution in [1.29, 1.82) is 0 Å². The zero-order valence-corrected chi connectivity index (χ0v) is 8.05. The molecule has 2 nitrogen and oxygen atoms in total. The molecule has 2 N–H and O–H groups in total. The van der Waals surface area contributed by atoms with E-state index in [9.17, 15) is 0 Å². The first-order valence-corrected chi connectivity index (χ1v) is 4.42. The Morgan fingerprint density at radius 2 is 2.17 bits per heavy atom. The smallest absolute Gasteiger partial charge is 0.104 e. The summed E-state index contributed by atoms with van der Waals surface area (Å²) in [5.74, 6) is 2.55. The topological polar surface area (TPSA) is 39.2 Å². The zero-order valence-electron chi connectivity index (χ0n) is 8.05. The van der Waals surface area contributed by atoms with E-state index < -0.39 is 0 Å². The van der Waals surface area contributed by atoms with Crippen molar-refractivity contribution in [2.24, 2.45) is 5.73 Å². The first-order chi connectivity index (χ1) is 5.65. The Morgan fingerprint density at radius 3 is 2.58 bits per heavy atom. The molecule has 68 valence electrons. The lowest BCUT2D eigenvalue weighted by Crippen LogP contribution is -2.04. The second-order valence-electron chi connectivity index (χ2n) is 3.35. The van der Waals surface area contributed by atoms with Gasteiger partial charge in [0.1, 0.15) is 11.5 Å². The highest BCUT2D eigenvalue weighted by molar-refractivity contribution is 5.23. The third-order valence-electron chi connectivity index (χ3n) is 2.21. The molecule has 1 heterocycles. The van der Waals surface area contributed by atoms with Gasteiger partial charge in [0.05, 0.1) is 0 Å². The molecule has 1 aromatic heterocycles. The molecule has 0 aliphatic heterocycles. The quantitative estimate of drug-likeness (QED) is 0.750. The average Bonchev–Trinajstić information content (AvgIpc) is 2.30. The third kappa shape index (κ3) is 1.89. The highest BCUT2D eigenvalue weighted by atomic mass is 16.3. The lowest BCUT2D eigenvalue weighted by Gasteiger charge is -2.07. The Bertz CT molecular complexity index is 252. The monoisotopic (exact) mass is 167 g/mol. The van der Waals surface area contributed by atoms with Gasteiger partial charge in [0.25, 0.3) is 0 Å². The zero-order chi connectivity index (χ0) is 9.14. The summed E-state index contributed by atoms with van der Waals surface area (Å²) >= 11 is 0. The van der Waals surface area contributed by atoms with Crippen LogP contribution in [0.1, 0.15) is 36.3 Å². The third-order valence-corrected chi connectivity index (χ3v) is 2.21. The largest absolute Gasteiger partial charge is 0.466 e. The molecule has 1 unspecified atom stereocenters. The molecule has 0 saturated carbocycles. The second kappa shape index (κ2) is 3.76. The number of hydrogen-bond donors (Lipinski definition) is 1. The number of rotatable bonds is 3. The average molecular weight is 167 g/mol. The number of furan rings is 1.